The first-order chi connectivity index (χ1) is 10.1. The third-order valence-corrected chi connectivity index (χ3v) is 3.96. The number of imidazole rings is 1. The summed E-state index contributed by atoms with van der Waals surface area (Å²) in [5.74, 6) is -0.627. The Kier molecular flexibility index (Phi) is 5.19. The minimum absolute atomic E-state index is 0.202. The van der Waals surface area contributed by atoms with E-state index in [1.54, 1.807) is 12.4 Å². The zero-order valence-electron chi connectivity index (χ0n) is 12.1. The molecule has 2 rings (SSSR count). The van der Waals surface area contributed by atoms with Gasteiger partial charge in [-0.25, -0.2) is 9.78 Å². The number of carboxylic acids is 1. The molecule has 0 spiro atoms. The minimum atomic E-state index is -0.835. The number of carbonyl (C=O) groups is 2. The van der Waals surface area contributed by atoms with Crippen LogP contribution in [0.4, 0.5) is 4.79 Å². The maximum Gasteiger partial charge on any atom is 0.315 e. The highest BCUT2D eigenvalue weighted by molar-refractivity contribution is 5.77. The molecule has 3 atom stereocenters. The maximum atomic E-state index is 12.1. The maximum absolute atomic E-state index is 12.1. The number of urea groups is 1. The smallest absolute Gasteiger partial charge is 0.315 e. The minimum Gasteiger partial charge on any atom is -0.481 e. The molecule has 1 heterocycles. The Balaban J connectivity index is 1.92. The Morgan fingerprint density at radius 1 is 1.48 bits per heavy atom. The number of nitrogens with zero attached hydrogens (tertiary/aromatic N) is 1. The van der Waals surface area contributed by atoms with Crippen molar-refractivity contribution in [2.45, 2.75) is 51.1 Å². The van der Waals surface area contributed by atoms with Gasteiger partial charge in [-0.05, 0) is 19.3 Å². The molecule has 1 aromatic heterocycles. The molecule has 7 heteroatoms. The largest absolute Gasteiger partial charge is 0.481 e. The van der Waals surface area contributed by atoms with Crippen molar-refractivity contribution in [1.82, 2.24) is 20.6 Å². The first kappa shape index (κ1) is 15.3. The molecule has 0 saturated heterocycles. The molecule has 0 radical (unpaired) electrons. The van der Waals surface area contributed by atoms with Crippen LogP contribution in [0.5, 0.6) is 0 Å². The first-order valence-electron chi connectivity index (χ1n) is 7.41. The van der Waals surface area contributed by atoms with Crippen LogP contribution in [0.1, 0.15) is 50.9 Å². The molecule has 0 bridgehead atoms. The number of aliphatic carboxylic acids is 1. The number of amides is 2. The van der Waals surface area contributed by atoms with Crippen LogP contribution in [0, 0.1) is 5.92 Å². The summed E-state index contributed by atoms with van der Waals surface area (Å²) in [4.78, 5) is 30.4. The molecule has 1 aliphatic rings. The molecule has 116 valence electrons. The molecule has 4 N–H and O–H groups in total. The van der Waals surface area contributed by atoms with Crippen molar-refractivity contribution in [3.8, 4) is 0 Å². The average molecular weight is 294 g/mol. The zero-order valence-corrected chi connectivity index (χ0v) is 12.1. The third-order valence-electron chi connectivity index (χ3n) is 3.96. The van der Waals surface area contributed by atoms with Crippen molar-refractivity contribution in [2.24, 2.45) is 5.92 Å². The van der Waals surface area contributed by atoms with Gasteiger partial charge < -0.3 is 20.7 Å². The topological polar surface area (TPSA) is 107 Å². The molecule has 0 aromatic carbocycles. The highest BCUT2D eigenvalue weighted by Gasteiger charge is 2.32. The van der Waals surface area contributed by atoms with E-state index in [1.807, 2.05) is 6.92 Å². The van der Waals surface area contributed by atoms with Crippen LogP contribution < -0.4 is 10.6 Å². The van der Waals surface area contributed by atoms with Gasteiger partial charge in [-0.1, -0.05) is 19.8 Å². The van der Waals surface area contributed by atoms with Crippen molar-refractivity contribution >= 4 is 12.0 Å². The van der Waals surface area contributed by atoms with Gasteiger partial charge in [0.1, 0.15) is 5.82 Å². The van der Waals surface area contributed by atoms with Crippen LogP contribution in [-0.4, -0.2) is 33.1 Å². The van der Waals surface area contributed by atoms with E-state index < -0.39 is 11.9 Å². The second-order valence-corrected chi connectivity index (χ2v) is 5.39. The summed E-state index contributed by atoms with van der Waals surface area (Å²) in [7, 11) is 0. The van der Waals surface area contributed by atoms with Crippen molar-refractivity contribution in [1.29, 1.82) is 0 Å². The summed E-state index contributed by atoms with van der Waals surface area (Å²) in [6.07, 6.45) is 7.23. The van der Waals surface area contributed by atoms with Crippen molar-refractivity contribution < 1.29 is 14.7 Å². The number of rotatable bonds is 5. The first-order valence-corrected chi connectivity index (χ1v) is 7.41. The molecule has 1 aliphatic carbocycles. The van der Waals surface area contributed by atoms with E-state index in [1.165, 1.54) is 0 Å². The lowest BCUT2D eigenvalue weighted by Crippen LogP contribution is -2.49. The number of carbonyl (C=O) groups excluding carboxylic acids is 1. The van der Waals surface area contributed by atoms with E-state index in [-0.39, 0.29) is 18.1 Å². The number of hydrogen-bond donors (Lipinski definition) is 4. The second-order valence-electron chi connectivity index (χ2n) is 5.39. The van der Waals surface area contributed by atoms with Gasteiger partial charge in [0.25, 0.3) is 0 Å². The Bertz CT molecular complexity index is 475. The summed E-state index contributed by atoms with van der Waals surface area (Å²) in [6.45, 7) is 1.95. The summed E-state index contributed by atoms with van der Waals surface area (Å²) < 4.78 is 0. The molecule has 21 heavy (non-hydrogen) atoms. The molecule has 7 nitrogen and oxygen atoms in total. The van der Waals surface area contributed by atoms with Gasteiger partial charge in [-0.2, -0.15) is 0 Å². The van der Waals surface area contributed by atoms with Gasteiger partial charge in [0.2, 0.25) is 0 Å². The number of H-pyrrole nitrogens is 1. The molecule has 1 fully saturated rings. The Labute approximate surface area is 123 Å². The fourth-order valence-electron chi connectivity index (χ4n) is 2.80. The number of aromatic amines is 1. The lowest BCUT2D eigenvalue weighted by atomic mass is 9.84. The van der Waals surface area contributed by atoms with E-state index in [9.17, 15) is 14.7 Å². The van der Waals surface area contributed by atoms with Gasteiger partial charge in [0.15, 0.2) is 0 Å². The molecule has 3 unspecified atom stereocenters. The standard InChI is InChI=1S/C14H22N4O3/c1-2-10(12-15-7-8-16-12)17-14(21)18-11-6-4-3-5-9(11)13(19)20/h7-11H,2-6H2,1H3,(H,15,16)(H,19,20)(H2,17,18,21). The molecular formula is C14H22N4O3. The summed E-state index contributed by atoms with van der Waals surface area (Å²) >= 11 is 0. The van der Waals surface area contributed by atoms with Crippen LogP contribution in [0.2, 0.25) is 0 Å². The molecule has 0 aliphatic heterocycles. The van der Waals surface area contributed by atoms with E-state index in [4.69, 9.17) is 0 Å². The quantitative estimate of drug-likeness (QED) is 0.664. The van der Waals surface area contributed by atoms with E-state index in [2.05, 4.69) is 20.6 Å². The monoisotopic (exact) mass is 294 g/mol. The summed E-state index contributed by atoms with van der Waals surface area (Å²) in [6, 6.07) is -0.839. The highest BCUT2D eigenvalue weighted by Crippen LogP contribution is 2.24. The van der Waals surface area contributed by atoms with Gasteiger partial charge >= 0.3 is 12.0 Å². The number of carboxylic acid groups (broad SMARTS) is 1. The fraction of sp³-hybridized carbons (Fsp3) is 0.643. The van der Waals surface area contributed by atoms with Gasteiger partial charge in [-0.3, -0.25) is 4.79 Å². The van der Waals surface area contributed by atoms with Crippen LogP contribution >= 0.6 is 0 Å². The Hall–Kier alpha value is -2.05. The number of hydrogen-bond acceptors (Lipinski definition) is 3. The second kappa shape index (κ2) is 7.10. The average Bonchev–Trinajstić information content (AvgIpc) is 2.99. The van der Waals surface area contributed by atoms with Crippen molar-refractivity contribution in [3.63, 3.8) is 0 Å². The van der Waals surface area contributed by atoms with Crippen molar-refractivity contribution in [2.75, 3.05) is 0 Å². The van der Waals surface area contributed by atoms with Crippen LogP contribution in [-0.2, 0) is 4.79 Å². The van der Waals surface area contributed by atoms with Crippen molar-refractivity contribution in [3.05, 3.63) is 18.2 Å². The molecule has 2 amide bonds. The normalized spacial score (nSPS) is 23.3. The summed E-state index contributed by atoms with van der Waals surface area (Å²) in [5.41, 5.74) is 0. The van der Waals surface area contributed by atoms with E-state index in [0.717, 1.165) is 12.8 Å². The van der Waals surface area contributed by atoms with E-state index in [0.29, 0.717) is 25.1 Å². The number of aromatic nitrogens is 2. The van der Waals surface area contributed by atoms with E-state index >= 15 is 0 Å². The predicted octanol–water partition coefficient (Wildman–Crippen LogP) is 1.80. The lowest BCUT2D eigenvalue weighted by molar-refractivity contribution is -0.143. The molecule has 1 saturated carbocycles. The lowest BCUT2D eigenvalue weighted by Gasteiger charge is -2.29. The van der Waals surface area contributed by atoms with Crippen LogP contribution in [0.15, 0.2) is 12.4 Å². The zero-order chi connectivity index (χ0) is 15.2. The van der Waals surface area contributed by atoms with Crippen LogP contribution in [0.3, 0.4) is 0 Å². The van der Waals surface area contributed by atoms with Gasteiger partial charge in [-0.15, -0.1) is 0 Å². The molecule has 1 aromatic rings. The highest BCUT2D eigenvalue weighted by atomic mass is 16.4. The number of nitrogens with one attached hydrogen (secondary N) is 3. The SMILES string of the molecule is CCC(NC(=O)NC1CCCCC1C(=O)O)c1ncc[nH]1. The summed E-state index contributed by atoms with van der Waals surface area (Å²) in [5, 5.41) is 14.9. The molecular weight excluding hydrogens is 272 g/mol. The van der Waals surface area contributed by atoms with Crippen LogP contribution in [0.25, 0.3) is 0 Å². The van der Waals surface area contributed by atoms with Gasteiger partial charge in [0, 0.05) is 18.4 Å². The third kappa shape index (κ3) is 3.96. The van der Waals surface area contributed by atoms with Gasteiger partial charge in [0.05, 0.1) is 12.0 Å². The Morgan fingerprint density at radius 2 is 2.24 bits per heavy atom. The predicted molar refractivity (Wildman–Crippen MR) is 76.7 cm³/mol. The fourth-order valence-corrected chi connectivity index (χ4v) is 2.80. The Morgan fingerprint density at radius 3 is 2.86 bits per heavy atom.